The standard InChI is InChI=1S/C22H24N2O2/c1-16-13-24(21-8-4-6-18-5-2-3-7-19(18)21)14-20(16)22(26)23-11-9-17(15-25)10-12-23/h2-8,13-14,17,25H,9-12,15H2,1H3. The van der Waals surface area contributed by atoms with Crippen molar-refractivity contribution in [2.75, 3.05) is 19.7 Å². The second-order valence-corrected chi connectivity index (χ2v) is 7.18. The SMILES string of the molecule is Cc1cn(-c2cccc3ccccc23)cc1C(=O)N1CCC(CO)CC1. The van der Waals surface area contributed by atoms with Crippen LogP contribution in [-0.4, -0.2) is 40.2 Å². The average Bonchev–Trinajstić information content (AvgIpc) is 3.08. The van der Waals surface area contributed by atoms with Crippen LogP contribution in [0.5, 0.6) is 0 Å². The number of aliphatic hydroxyl groups is 1. The Morgan fingerprint density at radius 1 is 1.08 bits per heavy atom. The van der Waals surface area contributed by atoms with E-state index >= 15 is 0 Å². The molecule has 1 aliphatic heterocycles. The van der Waals surface area contributed by atoms with Gasteiger partial charge in [-0.05, 0) is 42.7 Å². The second kappa shape index (κ2) is 6.96. The van der Waals surface area contributed by atoms with Gasteiger partial charge < -0.3 is 14.6 Å². The topological polar surface area (TPSA) is 45.5 Å². The van der Waals surface area contributed by atoms with E-state index in [-0.39, 0.29) is 12.5 Å². The highest BCUT2D eigenvalue weighted by Gasteiger charge is 2.25. The highest BCUT2D eigenvalue weighted by molar-refractivity contribution is 5.96. The molecule has 1 aliphatic rings. The number of hydrogen-bond donors (Lipinski definition) is 1. The van der Waals surface area contributed by atoms with E-state index in [1.54, 1.807) is 0 Å². The molecule has 26 heavy (non-hydrogen) atoms. The molecule has 0 bridgehead atoms. The van der Waals surface area contributed by atoms with E-state index in [1.807, 2.05) is 42.4 Å². The first-order valence-corrected chi connectivity index (χ1v) is 9.24. The van der Waals surface area contributed by atoms with Crippen molar-refractivity contribution in [3.63, 3.8) is 0 Å². The molecule has 2 aromatic carbocycles. The number of carbonyl (C=O) groups is 1. The first-order valence-electron chi connectivity index (χ1n) is 9.24. The fraction of sp³-hybridized carbons (Fsp3) is 0.318. The fourth-order valence-electron chi connectivity index (χ4n) is 3.84. The lowest BCUT2D eigenvalue weighted by Gasteiger charge is -2.31. The van der Waals surface area contributed by atoms with Crippen molar-refractivity contribution in [1.29, 1.82) is 0 Å². The summed E-state index contributed by atoms with van der Waals surface area (Å²) in [5.74, 6) is 0.429. The van der Waals surface area contributed by atoms with Crippen LogP contribution in [0.2, 0.25) is 0 Å². The minimum Gasteiger partial charge on any atom is -0.396 e. The number of nitrogens with zero attached hydrogens (tertiary/aromatic N) is 2. The third kappa shape index (κ3) is 3.01. The lowest BCUT2D eigenvalue weighted by atomic mass is 9.97. The molecule has 0 atom stereocenters. The van der Waals surface area contributed by atoms with E-state index in [0.717, 1.165) is 42.7 Å². The van der Waals surface area contributed by atoms with Crippen LogP contribution in [0.1, 0.15) is 28.8 Å². The van der Waals surface area contributed by atoms with Crippen molar-refractivity contribution < 1.29 is 9.90 Å². The van der Waals surface area contributed by atoms with Crippen molar-refractivity contribution in [2.45, 2.75) is 19.8 Å². The van der Waals surface area contributed by atoms with Crippen LogP contribution in [0.4, 0.5) is 0 Å². The van der Waals surface area contributed by atoms with Gasteiger partial charge in [0.05, 0.1) is 11.3 Å². The number of likely N-dealkylation sites (tertiary alicyclic amines) is 1. The van der Waals surface area contributed by atoms with Gasteiger partial charge in [-0.2, -0.15) is 0 Å². The molecule has 1 fully saturated rings. The molecule has 1 amide bonds. The van der Waals surface area contributed by atoms with E-state index in [0.29, 0.717) is 5.92 Å². The Labute approximate surface area is 153 Å². The van der Waals surface area contributed by atoms with E-state index in [2.05, 4.69) is 28.8 Å². The monoisotopic (exact) mass is 348 g/mol. The summed E-state index contributed by atoms with van der Waals surface area (Å²) in [5.41, 5.74) is 2.84. The molecule has 1 N–H and O–H groups in total. The quantitative estimate of drug-likeness (QED) is 0.783. The van der Waals surface area contributed by atoms with E-state index in [1.165, 1.54) is 10.8 Å². The zero-order chi connectivity index (χ0) is 18.1. The number of carbonyl (C=O) groups excluding carboxylic acids is 1. The summed E-state index contributed by atoms with van der Waals surface area (Å²) in [7, 11) is 0. The van der Waals surface area contributed by atoms with Gasteiger partial charge in [0, 0.05) is 37.5 Å². The smallest absolute Gasteiger partial charge is 0.255 e. The summed E-state index contributed by atoms with van der Waals surface area (Å²) in [4.78, 5) is 14.9. The Morgan fingerprint density at radius 2 is 1.81 bits per heavy atom. The highest BCUT2D eigenvalue weighted by Crippen LogP contribution is 2.25. The Morgan fingerprint density at radius 3 is 2.58 bits per heavy atom. The number of benzene rings is 2. The molecule has 4 heteroatoms. The van der Waals surface area contributed by atoms with Crippen LogP contribution in [0.25, 0.3) is 16.5 Å². The summed E-state index contributed by atoms with van der Waals surface area (Å²) in [5, 5.41) is 11.7. The maximum Gasteiger partial charge on any atom is 0.255 e. The first kappa shape index (κ1) is 16.9. The maximum atomic E-state index is 13.0. The first-order chi connectivity index (χ1) is 12.7. The van der Waals surface area contributed by atoms with Crippen molar-refractivity contribution >= 4 is 16.7 Å². The van der Waals surface area contributed by atoms with Crippen LogP contribution in [-0.2, 0) is 0 Å². The number of amides is 1. The van der Waals surface area contributed by atoms with Gasteiger partial charge in [0.15, 0.2) is 0 Å². The Balaban J connectivity index is 1.64. The van der Waals surface area contributed by atoms with E-state index in [4.69, 9.17) is 0 Å². The number of aromatic nitrogens is 1. The number of aliphatic hydroxyl groups excluding tert-OH is 1. The molecular weight excluding hydrogens is 324 g/mol. The van der Waals surface area contributed by atoms with Gasteiger partial charge in [-0.15, -0.1) is 0 Å². The largest absolute Gasteiger partial charge is 0.396 e. The number of rotatable bonds is 3. The van der Waals surface area contributed by atoms with E-state index < -0.39 is 0 Å². The molecule has 0 saturated carbocycles. The minimum atomic E-state index is 0.0953. The highest BCUT2D eigenvalue weighted by atomic mass is 16.3. The predicted molar refractivity (Wildman–Crippen MR) is 104 cm³/mol. The van der Waals surface area contributed by atoms with Crippen molar-refractivity contribution in [3.8, 4) is 5.69 Å². The zero-order valence-electron chi connectivity index (χ0n) is 15.1. The van der Waals surface area contributed by atoms with Crippen LogP contribution in [0.15, 0.2) is 54.9 Å². The van der Waals surface area contributed by atoms with Gasteiger partial charge in [-0.3, -0.25) is 4.79 Å². The van der Waals surface area contributed by atoms with E-state index in [9.17, 15) is 9.90 Å². The molecule has 1 saturated heterocycles. The molecule has 0 aliphatic carbocycles. The molecule has 134 valence electrons. The number of aryl methyl sites for hydroxylation is 1. The number of hydrogen-bond acceptors (Lipinski definition) is 2. The van der Waals surface area contributed by atoms with Gasteiger partial charge in [0.1, 0.15) is 0 Å². The second-order valence-electron chi connectivity index (χ2n) is 7.18. The molecule has 0 unspecified atom stereocenters. The van der Waals surface area contributed by atoms with Crippen LogP contribution < -0.4 is 0 Å². The Bertz CT molecular complexity index is 931. The lowest BCUT2D eigenvalue weighted by molar-refractivity contribution is 0.0650. The third-order valence-corrected chi connectivity index (χ3v) is 5.46. The molecule has 2 heterocycles. The van der Waals surface area contributed by atoms with Gasteiger partial charge in [-0.1, -0.05) is 36.4 Å². The van der Waals surface area contributed by atoms with Gasteiger partial charge in [-0.25, -0.2) is 0 Å². The number of fused-ring (bicyclic) bond motifs is 1. The van der Waals surface area contributed by atoms with Crippen molar-refractivity contribution in [1.82, 2.24) is 9.47 Å². The summed E-state index contributed by atoms with van der Waals surface area (Å²) in [6.45, 7) is 3.67. The van der Waals surface area contributed by atoms with Crippen LogP contribution in [0, 0.1) is 12.8 Å². The molecule has 1 aromatic heterocycles. The molecule has 3 aromatic rings. The summed E-state index contributed by atoms with van der Waals surface area (Å²) < 4.78 is 2.06. The average molecular weight is 348 g/mol. The van der Waals surface area contributed by atoms with Crippen LogP contribution in [0.3, 0.4) is 0 Å². The van der Waals surface area contributed by atoms with Gasteiger partial charge in [0.2, 0.25) is 0 Å². The van der Waals surface area contributed by atoms with Crippen molar-refractivity contribution in [3.05, 3.63) is 66.0 Å². The summed E-state index contributed by atoms with van der Waals surface area (Å²) >= 11 is 0. The molecule has 0 spiro atoms. The minimum absolute atomic E-state index is 0.0953. The molecular formula is C22H24N2O2. The molecule has 0 radical (unpaired) electrons. The third-order valence-electron chi connectivity index (χ3n) is 5.46. The van der Waals surface area contributed by atoms with Gasteiger partial charge >= 0.3 is 0 Å². The Hall–Kier alpha value is -2.59. The maximum absolute atomic E-state index is 13.0. The fourth-order valence-corrected chi connectivity index (χ4v) is 3.84. The Kier molecular flexibility index (Phi) is 4.51. The normalized spacial score (nSPS) is 15.5. The summed E-state index contributed by atoms with van der Waals surface area (Å²) in [6.07, 6.45) is 5.75. The number of piperidine rings is 1. The molecule has 4 nitrogen and oxygen atoms in total. The lowest BCUT2D eigenvalue weighted by Crippen LogP contribution is -2.39. The summed E-state index contributed by atoms with van der Waals surface area (Å²) in [6, 6.07) is 14.5. The zero-order valence-corrected chi connectivity index (χ0v) is 15.1. The predicted octanol–water partition coefficient (Wildman–Crippen LogP) is 3.78. The molecule has 4 rings (SSSR count). The van der Waals surface area contributed by atoms with Crippen molar-refractivity contribution in [2.24, 2.45) is 5.92 Å². The van der Waals surface area contributed by atoms with Gasteiger partial charge in [0.25, 0.3) is 5.91 Å². The van der Waals surface area contributed by atoms with Crippen LogP contribution >= 0.6 is 0 Å².